The molecule has 0 radical (unpaired) electrons. The summed E-state index contributed by atoms with van der Waals surface area (Å²) in [5, 5.41) is 7.97. The van der Waals surface area contributed by atoms with Crippen molar-refractivity contribution in [2.45, 2.75) is 13.5 Å². The van der Waals surface area contributed by atoms with Crippen molar-refractivity contribution in [1.82, 2.24) is 19.6 Å². The third kappa shape index (κ3) is 4.11. The molecule has 9 heteroatoms. The van der Waals surface area contributed by atoms with E-state index >= 15 is 0 Å². The molecule has 0 bridgehead atoms. The first kappa shape index (κ1) is 21.3. The number of fused-ring (bicyclic) bond motifs is 1. The quantitative estimate of drug-likeness (QED) is 0.343. The van der Waals surface area contributed by atoms with Crippen molar-refractivity contribution >= 4 is 11.6 Å². The topological polar surface area (TPSA) is 95.9 Å². The Kier molecular flexibility index (Phi) is 5.73. The minimum atomic E-state index is 0.437. The Labute approximate surface area is 195 Å². The summed E-state index contributed by atoms with van der Waals surface area (Å²) in [6.07, 6.45) is 1.59. The van der Waals surface area contributed by atoms with Gasteiger partial charge in [0.05, 0.1) is 26.0 Å². The number of furan rings is 1. The SMILES string of the molecule is COc1ccc(CNc2nc(Oc3ccccc3)c(C)c3nc(-c4ccco4)nn23)cc1OC. The second-order valence-electron chi connectivity index (χ2n) is 7.47. The highest BCUT2D eigenvalue weighted by Crippen LogP contribution is 2.30. The zero-order valence-electron chi connectivity index (χ0n) is 19.0. The van der Waals surface area contributed by atoms with Crippen LogP contribution in [0.15, 0.2) is 71.3 Å². The van der Waals surface area contributed by atoms with E-state index in [1.165, 1.54) is 0 Å². The van der Waals surface area contributed by atoms with Gasteiger partial charge < -0.3 is 23.9 Å². The lowest BCUT2D eigenvalue weighted by atomic mass is 10.2. The van der Waals surface area contributed by atoms with Crippen molar-refractivity contribution in [2.75, 3.05) is 19.5 Å². The van der Waals surface area contributed by atoms with Crippen LogP contribution in [-0.2, 0) is 6.54 Å². The molecular weight excluding hydrogens is 434 g/mol. The molecule has 3 heterocycles. The van der Waals surface area contributed by atoms with Gasteiger partial charge >= 0.3 is 0 Å². The van der Waals surface area contributed by atoms with Gasteiger partial charge in [-0.2, -0.15) is 9.50 Å². The summed E-state index contributed by atoms with van der Waals surface area (Å²) < 4.78 is 24.0. The minimum absolute atomic E-state index is 0.437. The molecule has 0 aliphatic rings. The monoisotopic (exact) mass is 457 g/mol. The summed E-state index contributed by atoms with van der Waals surface area (Å²) in [6, 6.07) is 18.8. The summed E-state index contributed by atoms with van der Waals surface area (Å²) >= 11 is 0. The molecule has 172 valence electrons. The van der Waals surface area contributed by atoms with Crippen molar-refractivity contribution in [2.24, 2.45) is 0 Å². The molecule has 5 rings (SSSR count). The van der Waals surface area contributed by atoms with Crippen LogP contribution < -0.4 is 19.5 Å². The van der Waals surface area contributed by atoms with Crippen molar-refractivity contribution < 1.29 is 18.6 Å². The van der Waals surface area contributed by atoms with Crippen LogP contribution in [0.5, 0.6) is 23.1 Å². The molecule has 0 spiro atoms. The molecule has 9 nitrogen and oxygen atoms in total. The molecule has 34 heavy (non-hydrogen) atoms. The van der Waals surface area contributed by atoms with Crippen LogP contribution in [0.3, 0.4) is 0 Å². The fourth-order valence-corrected chi connectivity index (χ4v) is 3.52. The largest absolute Gasteiger partial charge is 0.493 e. The Morgan fingerprint density at radius 3 is 2.50 bits per heavy atom. The van der Waals surface area contributed by atoms with Gasteiger partial charge in [0.25, 0.3) is 0 Å². The molecule has 0 saturated heterocycles. The highest BCUT2D eigenvalue weighted by atomic mass is 16.5. The van der Waals surface area contributed by atoms with E-state index in [4.69, 9.17) is 23.6 Å². The van der Waals surface area contributed by atoms with Gasteiger partial charge in [0.2, 0.25) is 17.7 Å². The molecular formula is C25H23N5O4. The van der Waals surface area contributed by atoms with Gasteiger partial charge in [-0.05, 0) is 48.9 Å². The molecule has 5 aromatic rings. The smallest absolute Gasteiger partial charge is 0.229 e. The number of benzene rings is 2. The number of para-hydroxylation sites is 1. The number of hydrogen-bond donors (Lipinski definition) is 1. The van der Waals surface area contributed by atoms with Gasteiger partial charge in [-0.1, -0.05) is 24.3 Å². The van der Waals surface area contributed by atoms with Crippen molar-refractivity contribution in [1.29, 1.82) is 0 Å². The summed E-state index contributed by atoms with van der Waals surface area (Å²) in [5.74, 6) is 3.94. The van der Waals surface area contributed by atoms with Crippen LogP contribution in [0, 0.1) is 6.92 Å². The van der Waals surface area contributed by atoms with Crippen LogP contribution in [0.2, 0.25) is 0 Å². The fraction of sp³-hybridized carbons (Fsp3) is 0.160. The van der Waals surface area contributed by atoms with Gasteiger partial charge in [-0.25, -0.2) is 4.98 Å². The van der Waals surface area contributed by atoms with Crippen molar-refractivity contribution in [3.63, 3.8) is 0 Å². The number of rotatable bonds is 8. The molecule has 0 amide bonds. The Morgan fingerprint density at radius 2 is 1.76 bits per heavy atom. The number of nitrogens with zero attached hydrogens (tertiary/aromatic N) is 4. The zero-order valence-corrected chi connectivity index (χ0v) is 19.0. The summed E-state index contributed by atoms with van der Waals surface area (Å²) in [6.45, 7) is 2.37. The van der Waals surface area contributed by atoms with E-state index in [-0.39, 0.29) is 0 Å². The van der Waals surface area contributed by atoms with E-state index in [2.05, 4.69) is 15.4 Å². The van der Waals surface area contributed by atoms with Crippen molar-refractivity contribution in [3.8, 4) is 34.7 Å². The first-order chi connectivity index (χ1) is 16.7. The lowest BCUT2D eigenvalue weighted by Crippen LogP contribution is -2.10. The van der Waals surface area contributed by atoms with E-state index < -0.39 is 0 Å². The second kappa shape index (κ2) is 9.14. The van der Waals surface area contributed by atoms with Crippen LogP contribution in [0.4, 0.5) is 5.95 Å². The average molecular weight is 457 g/mol. The van der Waals surface area contributed by atoms with E-state index in [1.807, 2.05) is 61.5 Å². The molecule has 0 unspecified atom stereocenters. The molecule has 2 aromatic carbocycles. The highest BCUT2D eigenvalue weighted by Gasteiger charge is 2.19. The van der Waals surface area contributed by atoms with Gasteiger partial charge in [0, 0.05) is 6.54 Å². The Hall–Kier alpha value is -4.53. The normalized spacial score (nSPS) is 10.9. The lowest BCUT2D eigenvalue weighted by Gasteiger charge is -2.13. The van der Waals surface area contributed by atoms with Gasteiger partial charge in [0.15, 0.2) is 22.9 Å². The van der Waals surface area contributed by atoms with Crippen molar-refractivity contribution in [3.05, 3.63) is 78.1 Å². The number of aromatic nitrogens is 4. The lowest BCUT2D eigenvalue weighted by molar-refractivity contribution is 0.354. The van der Waals surface area contributed by atoms with Crippen LogP contribution in [0.1, 0.15) is 11.1 Å². The van der Waals surface area contributed by atoms with Gasteiger partial charge in [-0.3, -0.25) is 0 Å². The zero-order chi connectivity index (χ0) is 23.5. The Balaban J connectivity index is 1.54. The number of nitrogens with one attached hydrogen (secondary N) is 1. The number of methoxy groups -OCH3 is 2. The van der Waals surface area contributed by atoms with E-state index in [0.29, 0.717) is 52.9 Å². The molecule has 0 atom stereocenters. The predicted molar refractivity (Wildman–Crippen MR) is 127 cm³/mol. The number of hydrogen-bond acceptors (Lipinski definition) is 8. The molecule has 0 aliphatic heterocycles. The maximum atomic E-state index is 6.08. The van der Waals surface area contributed by atoms with E-state index in [0.717, 1.165) is 11.1 Å². The number of anilines is 1. The summed E-state index contributed by atoms with van der Waals surface area (Å²) in [5.41, 5.74) is 2.35. The second-order valence-corrected chi connectivity index (χ2v) is 7.47. The summed E-state index contributed by atoms with van der Waals surface area (Å²) in [4.78, 5) is 9.41. The maximum absolute atomic E-state index is 6.08. The Bertz CT molecular complexity index is 1410. The summed E-state index contributed by atoms with van der Waals surface area (Å²) in [7, 11) is 3.22. The number of ether oxygens (including phenoxy) is 3. The average Bonchev–Trinajstić information content (AvgIpc) is 3.56. The standard InChI is InChI=1S/C25H23N5O4/c1-16-23-27-22(20-10-7-13-33-20)29-30(23)25(28-24(16)34-18-8-5-4-6-9-18)26-15-17-11-12-19(31-2)21(14-17)32-3/h4-14H,15H2,1-3H3,(H,26,28). The Morgan fingerprint density at radius 1 is 0.941 bits per heavy atom. The third-order valence-corrected chi connectivity index (χ3v) is 5.27. The maximum Gasteiger partial charge on any atom is 0.229 e. The van der Waals surface area contributed by atoms with Gasteiger partial charge in [0.1, 0.15) is 5.75 Å². The van der Waals surface area contributed by atoms with E-state index in [9.17, 15) is 0 Å². The number of aryl methyl sites for hydroxylation is 1. The molecule has 0 aliphatic carbocycles. The van der Waals surface area contributed by atoms with Gasteiger partial charge in [-0.15, -0.1) is 5.10 Å². The highest BCUT2D eigenvalue weighted by molar-refractivity contribution is 5.61. The van der Waals surface area contributed by atoms with E-state index in [1.54, 1.807) is 31.1 Å². The molecule has 0 saturated carbocycles. The molecule has 0 fully saturated rings. The molecule has 3 aromatic heterocycles. The first-order valence-corrected chi connectivity index (χ1v) is 10.6. The molecule has 1 N–H and O–H groups in total. The predicted octanol–water partition coefficient (Wildman–Crippen LogP) is 5.11. The first-order valence-electron chi connectivity index (χ1n) is 10.6. The van der Waals surface area contributed by atoms with Crippen LogP contribution in [-0.4, -0.2) is 33.8 Å². The fourth-order valence-electron chi connectivity index (χ4n) is 3.52. The van der Waals surface area contributed by atoms with Crippen LogP contribution in [0.25, 0.3) is 17.2 Å². The minimum Gasteiger partial charge on any atom is -0.493 e. The third-order valence-electron chi connectivity index (χ3n) is 5.27. The van der Waals surface area contributed by atoms with Crippen LogP contribution >= 0.6 is 0 Å².